The van der Waals surface area contributed by atoms with Crippen LogP contribution in [0.4, 0.5) is 0 Å². The van der Waals surface area contributed by atoms with E-state index in [0.717, 1.165) is 27.9 Å². The van der Waals surface area contributed by atoms with Gasteiger partial charge in [0.15, 0.2) is 0 Å². The van der Waals surface area contributed by atoms with Crippen LogP contribution in [0.5, 0.6) is 5.75 Å². The molecule has 0 amide bonds. The molecule has 0 aliphatic rings. The van der Waals surface area contributed by atoms with Gasteiger partial charge in [0.2, 0.25) is 0 Å². The van der Waals surface area contributed by atoms with Crippen molar-refractivity contribution in [3.05, 3.63) is 52.5 Å². The number of nitrogens with zero attached hydrogens (tertiary/aromatic N) is 2. The second kappa shape index (κ2) is 7.36. The van der Waals surface area contributed by atoms with Gasteiger partial charge in [0.1, 0.15) is 5.75 Å². The normalized spacial score (nSPS) is 12.2. The van der Waals surface area contributed by atoms with Crippen LogP contribution in [0.25, 0.3) is 0 Å². The maximum absolute atomic E-state index is 5.63. The van der Waals surface area contributed by atoms with Gasteiger partial charge >= 0.3 is 0 Å². The molecule has 0 spiro atoms. The molecule has 4 nitrogen and oxygen atoms in total. The quantitative estimate of drug-likeness (QED) is 0.879. The molecule has 0 radical (unpaired) electrons. The van der Waals surface area contributed by atoms with Crippen molar-refractivity contribution in [3.63, 3.8) is 0 Å². The van der Waals surface area contributed by atoms with E-state index in [0.29, 0.717) is 6.61 Å². The van der Waals surface area contributed by atoms with Crippen molar-refractivity contribution in [3.8, 4) is 5.75 Å². The van der Waals surface area contributed by atoms with Gasteiger partial charge in [-0.3, -0.25) is 9.97 Å². The van der Waals surface area contributed by atoms with Crippen LogP contribution in [-0.2, 0) is 0 Å². The Bertz CT molecular complexity index is 562. The van der Waals surface area contributed by atoms with Crippen molar-refractivity contribution >= 4 is 15.9 Å². The third-order valence-electron chi connectivity index (χ3n) is 2.89. The van der Waals surface area contributed by atoms with Crippen LogP contribution in [0.15, 0.2) is 41.3 Å². The van der Waals surface area contributed by atoms with E-state index in [4.69, 9.17) is 4.74 Å². The zero-order valence-corrected chi connectivity index (χ0v) is 13.2. The van der Waals surface area contributed by atoms with E-state index in [9.17, 15) is 0 Å². The molecule has 0 bridgehead atoms. The highest BCUT2D eigenvalue weighted by molar-refractivity contribution is 9.10. The molecule has 0 aromatic carbocycles. The lowest BCUT2D eigenvalue weighted by molar-refractivity contribution is 0.315. The highest BCUT2D eigenvalue weighted by Crippen LogP contribution is 2.27. The predicted molar refractivity (Wildman–Crippen MR) is 82.9 cm³/mol. The highest BCUT2D eigenvalue weighted by Gasteiger charge is 2.17. The number of halogens is 1. The van der Waals surface area contributed by atoms with Gasteiger partial charge in [0.05, 0.1) is 24.5 Å². The van der Waals surface area contributed by atoms with Crippen molar-refractivity contribution in [1.29, 1.82) is 0 Å². The first-order chi connectivity index (χ1) is 9.76. The van der Waals surface area contributed by atoms with Gasteiger partial charge in [-0.1, -0.05) is 6.92 Å². The van der Waals surface area contributed by atoms with E-state index in [1.165, 1.54) is 0 Å². The summed E-state index contributed by atoms with van der Waals surface area (Å²) in [7, 11) is 1.91. The minimum atomic E-state index is -0.0248. The third-order valence-corrected chi connectivity index (χ3v) is 3.56. The Balaban J connectivity index is 2.30. The number of pyridine rings is 2. The van der Waals surface area contributed by atoms with Gasteiger partial charge in [-0.2, -0.15) is 0 Å². The minimum absolute atomic E-state index is 0.0248. The fourth-order valence-electron chi connectivity index (χ4n) is 1.96. The second-order valence-electron chi connectivity index (χ2n) is 4.39. The summed E-state index contributed by atoms with van der Waals surface area (Å²) in [6.45, 7) is 2.78. The topological polar surface area (TPSA) is 47.0 Å². The molecule has 20 heavy (non-hydrogen) atoms. The Morgan fingerprint density at radius 1 is 1.40 bits per heavy atom. The molecule has 1 unspecified atom stereocenters. The maximum atomic E-state index is 5.63. The first kappa shape index (κ1) is 14.9. The van der Waals surface area contributed by atoms with Crippen LogP contribution < -0.4 is 10.1 Å². The molecule has 2 heterocycles. The van der Waals surface area contributed by atoms with E-state index in [1.54, 1.807) is 12.4 Å². The first-order valence-electron chi connectivity index (χ1n) is 6.61. The fourth-order valence-corrected chi connectivity index (χ4v) is 2.45. The molecule has 5 heteroatoms. The molecular weight excluding hydrogens is 318 g/mol. The number of rotatable bonds is 6. The lowest BCUT2D eigenvalue weighted by atomic mass is 10.1. The molecular formula is C15H18BrN3O. The summed E-state index contributed by atoms with van der Waals surface area (Å²) in [4.78, 5) is 8.69. The molecule has 2 rings (SSSR count). The second-order valence-corrected chi connectivity index (χ2v) is 5.25. The molecule has 106 valence electrons. The van der Waals surface area contributed by atoms with Gasteiger partial charge in [-0.05, 0) is 53.2 Å². The molecule has 2 aromatic rings. The molecule has 1 atom stereocenters. The van der Waals surface area contributed by atoms with Crippen molar-refractivity contribution < 1.29 is 4.74 Å². The van der Waals surface area contributed by atoms with Gasteiger partial charge in [0.25, 0.3) is 0 Å². The summed E-state index contributed by atoms with van der Waals surface area (Å²) in [6.07, 6.45) is 6.33. The molecule has 0 aliphatic heterocycles. The van der Waals surface area contributed by atoms with Gasteiger partial charge in [-0.25, -0.2) is 0 Å². The first-order valence-corrected chi connectivity index (χ1v) is 7.41. The zero-order valence-electron chi connectivity index (χ0n) is 11.6. The molecule has 0 aliphatic carbocycles. The summed E-state index contributed by atoms with van der Waals surface area (Å²) in [5.74, 6) is 0.789. The van der Waals surface area contributed by atoms with Crippen molar-refractivity contribution in [2.45, 2.75) is 19.4 Å². The summed E-state index contributed by atoms with van der Waals surface area (Å²) in [6, 6.07) is 5.87. The highest BCUT2D eigenvalue weighted by atomic mass is 79.9. The van der Waals surface area contributed by atoms with E-state index >= 15 is 0 Å². The standard InChI is InChI=1S/C15H18BrN3O/c1-3-7-20-12-8-11(9-18-10-12)14(17-2)15-13(16)5-4-6-19-15/h4-6,8-10,14,17H,3,7H2,1-2H3. The minimum Gasteiger partial charge on any atom is -0.492 e. The van der Waals surface area contributed by atoms with Gasteiger partial charge < -0.3 is 10.1 Å². The number of hydrogen-bond donors (Lipinski definition) is 1. The molecule has 1 N–H and O–H groups in total. The Hall–Kier alpha value is -1.46. The van der Waals surface area contributed by atoms with E-state index in [1.807, 2.05) is 31.4 Å². The number of aromatic nitrogens is 2. The van der Waals surface area contributed by atoms with E-state index < -0.39 is 0 Å². The smallest absolute Gasteiger partial charge is 0.137 e. The van der Waals surface area contributed by atoms with Crippen molar-refractivity contribution in [2.24, 2.45) is 0 Å². The Morgan fingerprint density at radius 2 is 2.25 bits per heavy atom. The molecule has 2 aromatic heterocycles. The van der Waals surface area contributed by atoms with E-state index in [-0.39, 0.29) is 6.04 Å². The lowest BCUT2D eigenvalue weighted by Gasteiger charge is -2.17. The average Bonchev–Trinajstić information content (AvgIpc) is 2.48. The summed E-state index contributed by atoms with van der Waals surface area (Å²) in [5.41, 5.74) is 1.96. The van der Waals surface area contributed by atoms with Gasteiger partial charge in [-0.15, -0.1) is 0 Å². The Kier molecular flexibility index (Phi) is 5.49. The summed E-state index contributed by atoms with van der Waals surface area (Å²) >= 11 is 3.54. The Labute approximate surface area is 127 Å². The van der Waals surface area contributed by atoms with Crippen LogP contribution in [0.3, 0.4) is 0 Å². The third kappa shape index (κ3) is 3.55. The van der Waals surface area contributed by atoms with Crippen molar-refractivity contribution in [2.75, 3.05) is 13.7 Å². The number of hydrogen-bond acceptors (Lipinski definition) is 4. The SMILES string of the molecule is CCCOc1cncc(C(NC)c2ncccc2Br)c1. The average molecular weight is 336 g/mol. The summed E-state index contributed by atoms with van der Waals surface area (Å²) in [5, 5.41) is 3.27. The number of ether oxygens (including phenoxy) is 1. The monoisotopic (exact) mass is 335 g/mol. The van der Waals surface area contributed by atoms with Crippen LogP contribution >= 0.6 is 15.9 Å². The van der Waals surface area contributed by atoms with E-state index in [2.05, 4.69) is 38.1 Å². The molecule has 0 fully saturated rings. The summed E-state index contributed by atoms with van der Waals surface area (Å²) < 4.78 is 6.61. The Morgan fingerprint density at radius 3 is 2.95 bits per heavy atom. The fraction of sp³-hybridized carbons (Fsp3) is 0.333. The van der Waals surface area contributed by atoms with Crippen LogP contribution in [0, 0.1) is 0 Å². The van der Waals surface area contributed by atoms with Gasteiger partial charge in [0, 0.05) is 16.9 Å². The van der Waals surface area contributed by atoms with Crippen LogP contribution in [0.2, 0.25) is 0 Å². The van der Waals surface area contributed by atoms with Crippen LogP contribution in [-0.4, -0.2) is 23.6 Å². The molecule has 0 saturated carbocycles. The molecule has 0 saturated heterocycles. The van der Waals surface area contributed by atoms with Crippen LogP contribution in [0.1, 0.15) is 30.6 Å². The maximum Gasteiger partial charge on any atom is 0.137 e. The number of nitrogens with one attached hydrogen (secondary N) is 1. The van der Waals surface area contributed by atoms with Crippen molar-refractivity contribution in [1.82, 2.24) is 15.3 Å². The predicted octanol–water partition coefficient (Wildman–Crippen LogP) is 3.34. The zero-order chi connectivity index (χ0) is 14.4. The largest absolute Gasteiger partial charge is 0.492 e. The lowest BCUT2D eigenvalue weighted by Crippen LogP contribution is -2.19.